The zero-order valence-corrected chi connectivity index (χ0v) is 10.5. The van der Waals surface area contributed by atoms with Crippen molar-refractivity contribution in [3.05, 3.63) is 24.3 Å². The molecule has 0 aromatic carbocycles. The third-order valence-electron chi connectivity index (χ3n) is 4.18. The topological polar surface area (TPSA) is 58.1 Å². The van der Waals surface area contributed by atoms with Crippen LogP contribution in [0.25, 0.3) is 0 Å². The standard InChI is InChI=1S/C13H18N4O/c1-2-12-10-6-15-5-9(10)8-17(12)13(18)11-7-14-3-4-16-11/h3-4,7,9-10,12,15H,2,5-6,8H2,1H3. The van der Waals surface area contributed by atoms with Crippen LogP contribution in [0.15, 0.2) is 18.6 Å². The third kappa shape index (κ3) is 1.79. The SMILES string of the molecule is CCC1C2CNCC2CN1C(=O)c1cnccn1. The monoisotopic (exact) mass is 246 g/mol. The second-order valence-corrected chi connectivity index (χ2v) is 5.11. The molecule has 0 saturated carbocycles. The largest absolute Gasteiger partial charge is 0.334 e. The summed E-state index contributed by atoms with van der Waals surface area (Å²) in [5.41, 5.74) is 0.462. The van der Waals surface area contributed by atoms with Crippen LogP contribution in [-0.2, 0) is 0 Å². The van der Waals surface area contributed by atoms with Crippen LogP contribution in [0.3, 0.4) is 0 Å². The van der Waals surface area contributed by atoms with Gasteiger partial charge in [-0.05, 0) is 18.3 Å². The van der Waals surface area contributed by atoms with Crippen molar-refractivity contribution in [1.29, 1.82) is 0 Å². The fourth-order valence-electron chi connectivity index (χ4n) is 3.34. The average Bonchev–Trinajstić information content (AvgIpc) is 2.98. The molecule has 3 rings (SSSR count). The minimum atomic E-state index is 0.0318. The van der Waals surface area contributed by atoms with E-state index in [0.717, 1.165) is 26.1 Å². The molecule has 1 N–H and O–H groups in total. The van der Waals surface area contributed by atoms with Crippen molar-refractivity contribution in [3.8, 4) is 0 Å². The van der Waals surface area contributed by atoms with Crippen LogP contribution in [-0.4, -0.2) is 46.5 Å². The van der Waals surface area contributed by atoms with Crippen molar-refractivity contribution in [3.63, 3.8) is 0 Å². The van der Waals surface area contributed by atoms with Crippen LogP contribution >= 0.6 is 0 Å². The maximum absolute atomic E-state index is 12.5. The van der Waals surface area contributed by atoms with E-state index in [1.807, 2.05) is 4.90 Å². The van der Waals surface area contributed by atoms with Crippen molar-refractivity contribution in [2.45, 2.75) is 19.4 Å². The van der Waals surface area contributed by atoms with E-state index in [2.05, 4.69) is 22.2 Å². The summed E-state index contributed by atoms with van der Waals surface area (Å²) in [6.07, 6.45) is 5.74. The normalized spacial score (nSPS) is 30.5. The molecule has 0 bridgehead atoms. The Morgan fingerprint density at radius 2 is 2.39 bits per heavy atom. The Morgan fingerprint density at radius 3 is 3.11 bits per heavy atom. The molecule has 1 amide bonds. The fraction of sp³-hybridized carbons (Fsp3) is 0.615. The zero-order valence-electron chi connectivity index (χ0n) is 10.5. The second-order valence-electron chi connectivity index (χ2n) is 5.11. The number of carbonyl (C=O) groups is 1. The highest BCUT2D eigenvalue weighted by Crippen LogP contribution is 2.34. The summed E-state index contributed by atoms with van der Waals surface area (Å²) in [6, 6.07) is 0.347. The zero-order chi connectivity index (χ0) is 12.5. The van der Waals surface area contributed by atoms with Crippen LogP contribution in [0, 0.1) is 11.8 Å². The number of nitrogens with zero attached hydrogens (tertiary/aromatic N) is 3. The van der Waals surface area contributed by atoms with Gasteiger partial charge >= 0.3 is 0 Å². The Balaban J connectivity index is 1.82. The number of likely N-dealkylation sites (tertiary alicyclic amines) is 1. The molecule has 96 valence electrons. The maximum Gasteiger partial charge on any atom is 0.274 e. The van der Waals surface area contributed by atoms with E-state index in [0.29, 0.717) is 23.6 Å². The molecule has 2 aliphatic heterocycles. The highest BCUT2D eigenvalue weighted by Gasteiger charge is 2.45. The van der Waals surface area contributed by atoms with Crippen LogP contribution in [0.4, 0.5) is 0 Å². The van der Waals surface area contributed by atoms with Gasteiger partial charge in [0.05, 0.1) is 6.20 Å². The van der Waals surface area contributed by atoms with Crippen molar-refractivity contribution in [2.75, 3.05) is 19.6 Å². The Bertz CT molecular complexity index is 436. The van der Waals surface area contributed by atoms with E-state index in [9.17, 15) is 4.79 Å². The Labute approximate surface area is 107 Å². The van der Waals surface area contributed by atoms with Gasteiger partial charge in [-0.3, -0.25) is 9.78 Å². The highest BCUT2D eigenvalue weighted by atomic mass is 16.2. The summed E-state index contributed by atoms with van der Waals surface area (Å²) >= 11 is 0. The number of hydrogen-bond acceptors (Lipinski definition) is 4. The predicted octanol–water partition coefficient (Wildman–Crippen LogP) is 0.547. The van der Waals surface area contributed by atoms with E-state index >= 15 is 0 Å². The summed E-state index contributed by atoms with van der Waals surface area (Å²) in [6.45, 7) is 5.08. The van der Waals surface area contributed by atoms with Crippen molar-refractivity contribution >= 4 is 5.91 Å². The number of amides is 1. The molecule has 5 nitrogen and oxygen atoms in total. The molecule has 1 aromatic rings. The number of carbonyl (C=O) groups excluding carboxylic acids is 1. The smallest absolute Gasteiger partial charge is 0.274 e. The van der Waals surface area contributed by atoms with Gasteiger partial charge in [-0.25, -0.2) is 4.98 Å². The average molecular weight is 246 g/mol. The maximum atomic E-state index is 12.5. The van der Waals surface area contributed by atoms with Gasteiger partial charge in [0.1, 0.15) is 5.69 Å². The molecule has 0 aliphatic carbocycles. The lowest BCUT2D eigenvalue weighted by Gasteiger charge is -2.26. The van der Waals surface area contributed by atoms with Gasteiger partial charge in [-0.1, -0.05) is 6.92 Å². The van der Waals surface area contributed by atoms with Crippen LogP contribution in [0.5, 0.6) is 0 Å². The van der Waals surface area contributed by atoms with Crippen LogP contribution < -0.4 is 5.32 Å². The first-order chi connectivity index (χ1) is 8.81. The van der Waals surface area contributed by atoms with Gasteiger partial charge < -0.3 is 10.2 Å². The molecular weight excluding hydrogens is 228 g/mol. The van der Waals surface area contributed by atoms with Gasteiger partial charge in [0.25, 0.3) is 5.91 Å². The first kappa shape index (κ1) is 11.6. The lowest BCUT2D eigenvalue weighted by atomic mass is 9.93. The third-order valence-corrected chi connectivity index (χ3v) is 4.18. The Hall–Kier alpha value is -1.49. The van der Waals surface area contributed by atoms with Crippen molar-refractivity contribution in [1.82, 2.24) is 20.2 Å². The molecule has 1 aromatic heterocycles. The summed E-state index contributed by atoms with van der Waals surface area (Å²) < 4.78 is 0. The van der Waals surface area contributed by atoms with Gasteiger partial charge in [0, 0.05) is 38.1 Å². The molecule has 18 heavy (non-hydrogen) atoms. The summed E-state index contributed by atoms with van der Waals surface area (Å²) in [5, 5.41) is 3.42. The van der Waals surface area contributed by atoms with E-state index < -0.39 is 0 Å². The molecule has 2 aliphatic rings. The fourth-order valence-corrected chi connectivity index (χ4v) is 3.34. The molecule has 5 heteroatoms. The minimum absolute atomic E-state index is 0.0318. The van der Waals surface area contributed by atoms with Crippen molar-refractivity contribution in [2.24, 2.45) is 11.8 Å². The molecule has 3 atom stereocenters. The first-order valence-corrected chi connectivity index (χ1v) is 6.59. The Kier molecular flexibility index (Phi) is 2.99. The van der Waals surface area contributed by atoms with Gasteiger partial charge in [-0.2, -0.15) is 0 Å². The van der Waals surface area contributed by atoms with Gasteiger partial charge in [0.2, 0.25) is 0 Å². The lowest BCUT2D eigenvalue weighted by Crippen LogP contribution is -2.39. The summed E-state index contributed by atoms with van der Waals surface area (Å²) in [4.78, 5) is 22.5. The second kappa shape index (κ2) is 4.65. The predicted molar refractivity (Wildman–Crippen MR) is 67.0 cm³/mol. The highest BCUT2D eigenvalue weighted by molar-refractivity contribution is 5.92. The molecular formula is C13H18N4O. The quantitative estimate of drug-likeness (QED) is 0.828. The Morgan fingerprint density at radius 1 is 1.50 bits per heavy atom. The molecule has 2 fully saturated rings. The number of hydrogen-bond donors (Lipinski definition) is 1. The number of nitrogens with one attached hydrogen (secondary N) is 1. The first-order valence-electron chi connectivity index (χ1n) is 6.59. The molecule has 0 radical (unpaired) electrons. The molecule has 0 spiro atoms. The number of fused-ring (bicyclic) bond motifs is 1. The number of aromatic nitrogens is 2. The lowest BCUT2D eigenvalue weighted by molar-refractivity contribution is 0.0705. The summed E-state index contributed by atoms with van der Waals surface area (Å²) in [5.74, 6) is 1.25. The van der Waals surface area contributed by atoms with Crippen molar-refractivity contribution < 1.29 is 4.79 Å². The molecule has 3 heterocycles. The van der Waals surface area contributed by atoms with Gasteiger partial charge in [-0.15, -0.1) is 0 Å². The van der Waals surface area contributed by atoms with E-state index in [1.165, 1.54) is 0 Å². The van der Waals surface area contributed by atoms with E-state index in [-0.39, 0.29) is 5.91 Å². The van der Waals surface area contributed by atoms with Crippen LogP contribution in [0.2, 0.25) is 0 Å². The number of rotatable bonds is 2. The summed E-state index contributed by atoms with van der Waals surface area (Å²) in [7, 11) is 0. The van der Waals surface area contributed by atoms with Gasteiger partial charge in [0.15, 0.2) is 0 Å². The van der Waals surface area contributed by atoms with E-state index in [1.54, 1.807) is 18.6 Å². The minimum Gasteiger partial charge on any atom is -0.334 e. The molecule has 2 saturated heterocycles. The van der Waals surface area contributed by atoms with Crippen LogP contribution in [0.1, 0.15) is 23.8 Å². The molecule has 3 unspecified atom stereocenters. The van der Waals surface area contributed by atoms with E-state index in [4.69, 9.17) is 0 Å².